The van der Waals surface area contributed by atoms with Gasteiger partial charge in [-0.1, -0.05) is 30.3 Å². The third-order valence-electron chi connectivity index (χ3n) is 6.31. The van der Waals surface area contributed by atoms with E-state index in [2.05, 4.69) is 33.6 Å². The van der Waals surface area contributed by atoms with E-state index < -0.39 is 73.2 Å². The van der Waals surface area contributed by atoms with E-state index in [1.807, 2.05) is 5.09 Å². The molecular formula is C20H26N7O13P3. The molecule has 23 heteroatoms. The van der Waals surface area contributed by atoms with E-state index in [1.165, 1.54) is 10.9 Å². The minimum Gasteiger partial charge on any atom is -0.386 e. The normalized spacial score (nSPS) is 36.4. The number of carbonyl (C=O) groups excluding carboxylic acids is 1. The van der Waals surface area contributed by atoms with Crippen LogP contribution in [0.4, 0.5) is 5.82 Å². The number of phosphoric acid groups is 2. The van der Waals surface area contributed by atoms with Crippen LogP contribution in [0.25, 0.3) is 11.2 Å². The summed E-state index contributed by atoms with van der Waals surface area (Å²) in [5.41, 5.74) is 6.70. The number of fused-ring (bicyclic) bond motifs is 2. The van der Waals surface area contributed by atoms with E-state index in [9.17, 15) is 38.3 Å². The highest BCUT2D eigenvalue weighted by atomic mass is 31.3. The predicted octanol–water partition coefficient (Wildman–Crippen LogP) is -0.309. The van der Waals surface area contributed by atoms with Crippen LogP contribution in [0.2, 0.25) is 0 Å². The number of nitrogens with zero attached hydrogens (tertiary/aromatic N) is 4. The van der Waals surface area contributed by atoms with Crippen molar-refractivity contribution in [2.45, 2.75) is 36.9 Å². The first kappa shape index (κ1) is 31.7. The van der Waals surface area contributed by atoms with Gasteiger partial charge in [0.05, 0.1) is 19.0 Å². The first-order chi connectivity index (χ1) is 20.2. The van der Waals surface area contributed by atoms with Crippen LogP contribution in [0.5, 0.6) is 0 Å². The quantitative estimate of drug-likeness (QED) is 0.177. The van der Waals surface area contributed by atoms with E-state index in [0.717, 1.165) is 6.33 Å². The van der Waals surface area contributed by atoms with Crippen LogP contribution in [-0.2, 0) is 47.5 Å². The molecule has 0 radical (unpaired) electrons. The first-order valence-corrected chi connectivity index (χ1v) is 16.8. The number of imidazole rings is 1. The number of amides is 1. The summed E-state index contributed by atoms with van der Waals surface area (Å²) >= 11 is 0. The highest BCUT2D eigenvalue weighted by Gasteiger charge is 2.48. The van der Waals surface area contributed by atoms with Crippen molar-refractivity contribution in [2.75, 3.05) is 19.1 Å². The van der Waals surface area contributed by atoms with E-state index in [-0.39, 0.29) is 23.4 Å². The Balaban J connectivity index is 1.49. The van der Waals surface area contributed by atoms with Gasteiger partial charge in [-0.2, -0.15) is 4.31 Å². The minimum atomic E-state index is -5.38. The molecule has 1 aromatic carbocycles. The van der Waals surface area contributed by atoms with Crippen molar-refractivity contribution in [2.24, 2.45) is 0 Å². The Morgan fingerprint density at radius 3 is 2.49 bits per heavy atom. The van der Waals surface area contributed by atoms with Gasteiger partial charge in [0, 0.05) is 0 Å². The zero-order chi connectivity index (χ0) is 31.0. The number of hydrogen-bond acceptors (Lipinski definition) is 14. The lowest BCUT2D eigenvalue weighted by Gasteiger charge is -2.26. The monoisotopic (exact) mass is 665 g/mol. The molecule has 20 nitrogen and oxygen atoms in total. The lowest BCUT2D eigenvalue weighted by molar-refractivity contribution is -0.124. The molecule has 5 rings (SSSR count). The second-order valence-electron chi connectivity index (χ2n) is 9.26. The lowest BCUT2D eigenvalue weighted by Crippen LogP contribution is -2.54. The average Bonchev–Trinajstić information content (AvgIpc) is 3.48. The van der Waals surface area contributed by atoms with Gasteiger partial charge in [-0.15, -0.1) is 0 Å². The zero-order valence-electron chi connectivity index (χ0n) is 21.7. The van der Waals surface area contributed by atoms with Crippen molar-refractivity contribution in [1.82, 2.24) is 29.9 Å². The molecule has 0 aliphatic carbocycles. The maximum absolute atomic E-state index is 13.6. The number of nitrogens with one attached hydrogen (secondary N) is 2. The molecule has 2 saturated heterocycles. The van der Waals surface area contributed by atoms with Crippen LogP contribution >= 0.6 is 23.4 Å². The molecule has 3 unspecified atom stereocenters. The van der Waals surface area contributed by atoms with Gasteiger partial charge in [-0.25, -0.2) is 33.7 Å². The molecule has 234 valence electrons. The summed E-state index contributed by atoms with van der Waals surface area (Å²) in [6.45, 7) is -2.15. The van der Waals surface area contributed by atoms with Gasteiger partial charge >= 0.3 is 23.4 Å². The van der Waals surface area contributed by atoms with Gasteiger partial charge in [0.1, 0.15) is 30.1 Å². The summed E-state index contributed by atoms with van der Waals surface area (Å²) in [6, 6.07) is 5.25. The second-order valence-corrected chi connectivity index (χ2v) is 13.9. The molecule has 43 heavy (non-hydrogen) atoms. The van der Waals surface area contributed by atoms with E-state index in [0.29, 0.717) is 5.56 Å². The summed E-state index contributed by atoms with van der Waals surface area (Å²) in [5.74, 6) is -0.949. The summed E-state index contributed by atoms with van der Waals surface area (Å²) in [5, 5.41) is 15.8. The van der Waals surface area contributed by atoms with Crippen LogP contribution in [0, 0.1) is 0 Å². The average molecular weight is 665 g/mol. The fraction of sp³-hybridized carbons (Fsp3) is 0.400. The van der Waals surface area contributed by atoms with E-state index in [4.69, 9.17) is 15.0 Å². The standard InChI is InChI=1S/C20H26N7O13P3/c21-17-15-18(23-8-22-17)27(9-24-15)20-16(28)14-13(39-20)7-36-42(32,33)37-10-38-43(34,35)40-41(30,31)26-12(19(29)25-14)6-11-4-2-1-3-5-11/h1-5,8-9,12-14,16,20,28H,6-7,10H2,(H,25,29)(H,32,33)(H,34,35)(H2,21,22,23)(H2,26,30,31)/t12-,13+,14+,16+,20+/m0/s1. The molecule has 2 aromatic heterocycles. The molecule has 8 atom stereocenters. The molecule has 2 fully saturated rings. The van der Waals surface area contributed by atoms with Gasteiger partial charge in [-0.3, -0.25) is 22.9 Å². The fourth-order valence-electron chi connectivity index (χ4n) is 4.41. The van der Waals surface area contributed by atoms with Crippen molar-refractivity contribution in [1.29, 1.82) is 0 Å². The maximum atomic E-state index is 13.6. The number of carbonyl (C=O) groups is 1. The number of aliphatic hydroxyl groups excluding tert-OH is 1. The third-order valence-corrected chi connectivity index (χ3v) is 10.00. The number of aliphatic hydroxyl groups is 1. The van der Waals surface area contributed by atoms with Gasteiger partial charge in [0.2, 0.25) is 5.91 Å². The zero-order valence-corrected chi connectivity index (χ0v) is 24.4. The predicted molar refractivity (Wildman–Crippen MR) is 142 cm³/mol. The van der Waals surface area contributed by atoms with Gasteiger partial charge in [-0.05, 0) is 12.0 Å². The Labute approximate surface area is 241 Å². The number of anilines is 1. The highest BCUT2D eigenvalue weighted by Crippen LogP contribution is 2.58. The molecule has 4 heterocycles. The molecule has 8 N–H and O–H groups in total. The van der Waals surface area contributed by atoms with Crippen LogP contribution in [0.3, 0.4) is 0 Å². The number of hydrogen-bond donors (Lipinski definition) is 7. The van der Waals surface area contributed by atoms with Gasteiger partial charge in [0.15, 0.2) is 24.5 Å². The molecule has 2 aliphatic rings. The molecule has 1 amide bonds. The number of phosphoric ester groups is 2. The lowest BCUT2D eigenvalue weighted by atomic mass is 10.0. The number of ether oxygens (including phenoxy) is 1. The Morgan fingerprint density at radius 1 is 1.02 bits per heavy atom. The van der Waals surface area contributed by atoms with Gasteiger partial charge < -0.3 is 35.6 Å². The molecular weight excluding hydrogens is 639 g/mol. The van der Waals surface area contributed by atoms with Crippen LogP contribution in [-0.4, -0.2) is 82.9 Å². The Kier molecular flexibility index (Phi) is 9.14. The Bertz CT molecular complexity index is 1630. The molecule has 0 spiro atoms. The van der Waals surface area contributed by atoms with Crippen molar-refractivity contribution < 1.29 is 60.9 Å². The minimum absolute atomic E-state index is 0.0425. The number of nitrogens with two attached hydrogens (primary N) is 1. The third kappa shape index (κ3) is 7.53. The molecule has 0 saturated carbocycles. The van der Waals surface area contributed by atoms with Crippen molar-refractivity contribution >= 4 is 46.3 Å². The number of nitrogen functional groups attached to an aromatic ring is 1. The first-order valence-electron chi connectivity index (χ1n) is 12.3. The van der Waals surface area contributed by atoms with Crippen molar-refractivity contribution in [3.63, 3.8) is 0 Å². The van der Waals surface area contributed by atoms with Crippen LogP contribution in [0.15, 0.2) is 43.0 Å². The topological polar surface area (TPSA) is 289 Å². The Hall–Kier alpha value is -2.67. The SMILES string of the molecule is Nc1ncnc2c1ncn2[C@@H]1O[C@@H]2COP(=O)(O)OCOP(=O)(O)OP(=O)(O)N[C@@H](Cc3ccccc3)C(=O)N[C@H]2[C@H]1O. The summed E-state index contributed by atoms with van der Waals surface area (Å²) in [7, 11) is -15.7. The summed E-state index contributed by atoms with van der Waals surface area (Å²) in [6.07, 6.45) is -2.05. The summed E-state index contributed by atoms with van der Waals surface area (Å²) < 4.78 is 62.7. The smallest absolute Gasteiger partial charge is 0.386 e. The second kappa shape index (κ2) is 12.4. The molecule has 2 aliphatic heterocycles. The number of rotatable bonds is 3. The van der Waals surface area contributed by atoms with Crippen molar-refractivity contribution in [3.05, 3.63) is 48.5 Å². The largest absolute Gasteiger partial charge is 0.482 e. The fourth-order valence-corrected chi connectivity index (χ4v) is 7.37. The summed E-state index contributed by atoms with van der Waals surface area (Å²) in [4.78, 5) is 55.8. The maximum Gasteiger partial charge on any atom is 0.482 e. The van der Waals surface area contributed by atoms with Crippen molar-refractivity contribution in [3.8, 4) is 0 Å². The van der Waals surface area contributed by atoms with Crippen LogP contribution in [0.1, 0.15) is 11.8 Å². The van der Waals surface area contributed by atoms with E-state index in [1.54, 1.807) is 30.3 Å². The van der Waals surface area contributed by atoms with E-state index >= 15 is 0 Å². The molecule has 0 bridgehead atoms. The highest BCUT2D eigenvalue weighted by molar-refractivity contribution is 7.62. The Morgan fingerprint density at radius 2 is 1.74 bits per heavy atom. The number of benzene rings is 1. The molecule has 3 aromatic rings. The number of aromatic nitrogens is 4. The van der Waals surface area contributed by atoms with Crippen LogP contribution < -0.4 is 16.1 Å². The van der Waals surface area contributed by atoms with Gasteiger partial charge in [0.25, 0.3) is 0 Å².